The van der Waals surface area contributed by atoms with E-state index in [1.807, 2.05) is 24.3 Å². The number of nitrogens with two attached hydrogens (primary N) is 1. The molecular formula is C20H22N6O3S. The fourth-order valence-electron chi connectivity index (χ4n) is 2.75. The molecule has 3 rings (SSSR count). The Morgan fingerprint density at radius 3 is 2.47 bits per heavy atom. The van der Waals surface area contributed by atoms with Crippen LogP contribution in [0.5, 0.6) is 0 Å². The van der Waals surface area contributed by atoms with Gasteiger partial charge in [-0.2, -0.15) is 0 Å². The molecule has 3 aromatic rings. The third-order valence-corrected chi connectivity index (χ3v) is 5.32. The van der Waals surface area contributed by atoms with Crippen molar-refractivity contribution in [3.8, 4) is 11.4 Å². The topological polar surface area (TPSA) is 129 Å². The summed E-state index contributed by atoms with van der Waals surface area (Å²) in [6.07, 6.45) is 0. The van der Waals surface area contributed by atoms with Crippen LogP contribution in [0, 0.1) is 10.1 Å². The molecule has 3 N–H and O–H groups in total. The third-order valence-electron chi connectivity index (χ3n) is 4.38. The fraction of sp³-hybridized carbons (Fsp3) is 0.250. The van der Waals surface area contributed by atoms with Gasteiger partial charge in [0.25, 0.3) is 5.69 Å². The number of nitrogen functional groups attached to an aromatic ring is 1. The van der Waals surface area contributed by atoms with Crippen LogP contribution in [0.15, 0.2) is 53.7 Å². The first kappa shape index (κ1) is 21.3. The zero-order valence-electron chi connectivity index (χ0n) is 16.8. The number of para-hydroxylation sites is 2. The average molecular weight is 427 g/mol. The lowest BCUT2D eigenvalue weighted by Gasteiger charge is -2.19. The van der Waals surface area contributed by atoms with Crippen molar-refractivity contribution in [2.75, 3.05) is 16.9 Å². The molecule has 0 unspecified atom stereocenters. The van der Waals surface area contributed by atoms with Gasteiger partial charge in [-0.3, -0.25) is 14.9 Å². The van der Waals surface area contributed by atoms with Crippen LogP contribution in [0.4, 0.5) is 11.4 Å². The van der Waals surface area contributed by atoms with Crippen molar-refractivity contribution in [2.24, 2.45) is 0 Å². The van der Waals surface area contributed by atoms with Gasteiger partial charge in [0.05, 0.1) is 10.7 Å². The van der Waals surface area contributed by atoms with Gasteiger partial charge in [0.15, 0.2) is 5.82 Å². The molecule has 0 fully saturated rings. The Morgan fingerprint density at radius 2 is 1.83 bits per heavy atom. The first-order valence-corrected chi connectivity index (χ1v) is 10.1. The lowest BCUT2D eigenvalue weighted by Crippen LogP contribution is -2.17. The monoisotopic (exact) mass is 426 g/mol. The van der Waals surface area contributed by atoms with Crippen LogP contribution < -0.4 is 11.2 Å². The number of nitro benzene ring substituents is 1. The van der Waals surface area contributed by atoms with Gasteiger partial charge in [0.1, 0.15) is 5.69 Å². The van der Waals surface area contributed by atoms with E-state index in [1.54, 1.807) is 6.07 Å². The molecule has 0 atom stereocenters. The van der Waals surface area contributed by atoms with Crippen molar-refractivity contribution in [1.82, 2.24) is 14.9 Å². The molecule has 0 spiro atoms. The molecule has 10 heteroatoms. The minimum absolute atomic E-state index is 0.0235. The summed E-state index contributed by atoms with van der Waals surface area (Å²) in [7, 11) is 0. The molecule has 0 saturated heterocycles. The number of rotatable bonds is 6. The molecule has 0 radical (unpaired) electrons. The van der Waals surface area contributed by atoms with Gasteiger partial charge in [-0.1, -0.05) is 68.9 Å². The van der Waals surface area contributed by atoms with Gasteiger partial charge in [-0.25, -0.2) is 4.68 Å². The number of thioether (sulfide) groups is 1. The number of nitro groups is 1. The van der Waals surface area contributed by atoms with E-state index in [4.69, 9.17) is 5.84 Å². The van der Waals surface area contributed by atoms with Crippen LogP contribution in [-0.4, -0.2) is 31.5 Å². The van der Waals surface area contributed by atoms with E-state index in [2.05, 4.69) is 36.3 Å². The quantitative estimate of drug-likeness (QED) is 0.267. The second-order valence-electron chi connectivity index (χ2n) is 7.61. The van der Waals surface area contributed by atoms with Crippen LogP contribution in [-0.2, 0) is 10.2 Å². The van der Waals surface area contributed by atoms with E-state index in [0.29, 0.717) is 11.0 Å². The van der Waals surface area contributed by atoms with E-state index in [9.17, 15) is 14.9 Å². The number of hydrogen-bond acceptors (Lipinski definition) is 7. The number of anilines is 1. The Hall–Kier alpha value is -3.40. The number of carbonyl (C=O) groups is 1. The molecule has 0 aliphatic rings. The van der Waals surface area contributed by atoms with Crippen molar-refractivity contribution < 1.29 is 9.72 Å². The standard InChI is InChI=1S/C20H22N6O3S/c1-20(2,3)14-10-8-13(9-11-14)18-23-24-19(25(18)21)30-12-17(27)22-15-6-4-5-7-16(15)26(28)29/h4-11H,12,21H2,1-3H3,(H,22,27). The zero-order chi connectivity index (χ0) is 21.9. The molecule has 1 amide bonds. The molecule has 1 aromatic heterocycles. The fourth-order valence-corrected chi connectivity index (χ4v) is 3.40. The van der Waals surface area contributed by atoms with E-state index in [1.165, 1.54) is 28.4 Å². The highest BCUT2D eigenvalue weighted by molar-refractivity contribution is 7.99. The minimum atomic E-state index is -0.545. The molecule has 2 aromatic carbocycles. The smallest absolute Gasteiger partial charge is 0.292 e. The van der Waals surface area contributed by atoms with Crippen molar-refractivity contribution >= 4 is 29.0 Å². The van der Waals surface area contributed by atoms with Gasteiger partial charge in [-0.15, -0.1) is 10.2 Å². The summed E-state index contributed by atoms with van der Waals surface area (Å²) in [5.74, 6) is 6.16. The Balaban J connectivity index is 1.67. The number of hydrogen-bond donors (Lipinski definition) is 2. The van der Waals surface area contributed by atoms with Crippen molar-refractivity contribution in [3.63, 3.8) is 0 Å². The second-order valence-corrected chi connectivity index (χ2v) is 8.56. The lowest BCUT2D eigenvalue weighted by molar-refractivity contribution is -0.383. The highest BCUT2D eigenvalue weighted by Gasteiger charge is 2.18. The van der Waals surface area contributed by atoms with Crippen LogP contribution in [0.25, 0.3) is 11.4 Å². The molecule has 0 aliphatic carbocycles. The SMILES string of the molecule is CC(C)(C)c1ccc(-c2nnc(SCC(=O)Nc3ccccc3[N+](=O)[O-])n2N)cc1. The Labute approximate surface area is 177 Å². The first-order chi connectivity index (χ1) is 14.2. The molecule has 0 saturated carbocycles. The number of aromatic nitrogens is 3. The molecular weight excluding hydrogens is 404 g/mol. The van der Waals surface area contributed by atoms with Crippen LogP contribution >= 0.6 is 11.8 Å². The number of nitrogens with zero attached hydrogens (tertiary/aromatic N) is 4. The highest BCUT2D eigenvalue weighted by Crippen LogP contribution is 2.27. The molecule has 156 valence electrons. The molecule has 30 heavy (non-hydrogen) atoms. The van der Waals surface area contributed by atoms with Gasteiger partial charge >= 0.3 is 0 Å². The van der Waals surface area contributed by atoms with Crippen LogP contribution in [0.2, 0.25) is 0 Å². The Morgan fingerprint density at radius 1 is 1.17 bits per heavy atom. The maximum atomic E-state index is 12.2. The summed E-state index contributed by atoms with van der Waals surface area (Å²) >= 11 is 1.09. The van der Waals surface area contributed by atoms with Crippen molar-refractivity contribution in [3.05, 3.63) is 64.2 Å². The minimum Gasteiger partial charge on any atom is -0.335 e. The maximum Gasteiger partial charge on any atom is 0.292 e. The van der Waals surface area contributed by atoms with Crippen molar-refractivity contribution in [2.45, 2.75) is 31.3 Å². The summed E-state index contributed by atoms with van der Waals surface area (Å²) in [5, 5.41) is 22.1. The lowest BCUT2D eigenvalue weighted by atomic mass is 9.87. The summed E-state index contributed by atoms with van der Waals surface area (Å²) in [4.78, 5) is 22.7. The summed E-state index contributed by atoms with van der Waals surface area (Å²) in [5.41, 5.74) is 2.02. The largest absolute Gasteiger partial charge is 0.335 e. The normalized spacial score (nSPS) is 11.3. The summed E-state index contributed by atoms with van der Waals surface area (Å²) in [6, 6.07) is 13.9. The Bertz CT molecular complexity index is 1070. The predicted octanol–water partition coefficient (Wildman–Crippen LogP) is 3.60. The summed E-state index contributed by atoms with van der Waals surface area (Å²) in [6.45, 7) is 6.41. The van der Waals surface area contributed by atoms with E-state index in [0.717, 1.165) is 17.3 Å². The van der Waals surface area contributed by atoms with E-state index < -0.39 is 10.8 Å². The second kappa shape index (κ2) is 8.54. The van der Waals surface area contributed by atoms with Crippen molar-refractivity contribution in [1.29, 1.82) is 0 Å². The van der Waals surface area contributed by atoms with Crippen LogP contribution in [0.3, 0.4) is 0 Å². The number of carbonyl (C=O) groups excluding carboxylic acids is 1. The summed E-state index contributed by atoms with van der Waals surface area (Å²) < 4.78 is 1.33. The molecule has 9 nitrogen and oxygen atoms in total. The van der Waals surface area contributed by atoms with Gasteiger partial charge in [0.2, 0.25) is 11.1 Å². The average Bonchev–Trinajstić information content (AvgIpc) is 3.06. The zero-order valence-corrected chi connectivity index (χ0v) is 17.6. The third kappa shape index (κ3) is 4.77. The number of benzene rings is 2. The number of amides is 1. The van der Waals surface area contributed by atoms with Crippen LogP contribution in [0.1, 0.15) is 26.3 Å². The maximum absolute atomic E-state index is 12.2. The molecule has 1 heterocycles. The number of nitrogens with one attached hydrogen (secondary N) is 1. The van der Waals surface area contributed by atoms with Gasteiger partial charge < -0.3 is 11.2 Å². The molecule has 0 aliphatic heterocycles. The first-order valence-electron chi connectivity index (χ1n) is 9.14. The van der Waals surface area contributed by atoms with E-state index in [-0.39, 0.29) is 22.5 Å². The molecule has 0 bridgehead atoms. The predicted molar refractivity (Wildman–Crippen MR) is 117 cm³/mol. The highest BCUT2D eigenvalue weighted by atomic mass is 32.2. The Kier molecular flexibility index (Phi) is 6.06. The van der Waals surface area contributed by atoms with Gasteiger partial charge in [0, 0.05) is 11.6 Å². The van der Waals surface area contributed by atoms with Gasteiger partial charge in [-0.05, 0) is 17.0 Å². The van der Waals surface area contributed by atoms with E-state index >= 15 is 0 Å².